The molecular weight excluding hydrogens is 302 g/mol. The van der Waals surface area contributed by atoms with Gasteiger partial charge in [-0.05, 0) is 48.5 Å². The molecule has 0 spiro atoms. The van der Waals surface area contributed by atoms with Crippen molar-refractivity contribution < 1.29 is 14.2 Å². The Balaban J connectivity index is 1.67. The van der Waals surface area contributed by atoms with Gasteiger partial charge in [0.25, 0.3) is 0 Å². The Bertz CT molecular complexity index is 543. The third-order valence-corrected chi connectivity index (χ3v) is 3.18. The molecular formula is C17H20ClNO3. The molecule has 0 unspecified atom stereocenters. The zero-order valence-corrected chi connectivity index (χ0v) is 13.3. The van der Waals surface area contributed by atoms with Crippen LogP contribution in [0, 0.1) is 0 Å². The lowest BCUT2D eigenvalue weighted by Gasteiger charge is -2.10. The molecule has 0 atom stereocenters. The van der Waals surface area contributed by atoms with Gasteiger partial charge in [0.1, 0.15) is 24.7 Å². The molecule has 0 heterocycles. The third-order valence-electron chi connectivity index (χ3n) is 2.92. The number of rotatable bonds is 9. The minimum atomic E-state index is 0.554. The van der Waals surface area contributed by atoms with Gasteiger partial charge in [0, 0.05) is 24.4 Å². The summed E-state index contributed by atoms with van der Waals surface area (Å²) in [7, 11) is 1.66. The predicted octanol–water partition coefficient (Wildman–Crippen LogP) is 3.86. The van der Waals surface area contributed by atoms with Crippen molar-refractivity contribution in [3.05, 3.63) is 53.6 Å². The summed E-state index contributed by atoms with van der Waals surface area (Å²) in [6, 6.07) is 15.1. The Kier molecular flexibility index (Phi) is 6.87. The van der Waals surface area contributed by atoms with E-state index in [0.29, 0.717) is 31.4 Å². The van der Waals surface area contributed by atoms with E-state index >= 15 is 0 Å². The molecule has 2 aromatic rings. The van der Waals surface area contributed by atoms with Crippen LogP contribution >= 0.6 is 11.6 Å². The molecule has 118 valence electrons. The van der Waals surface area contributed by atoms with E-state index in [2.05, 4.69) is 5.32 Å². The molecule has 0 fully saturated rings. The molecule has 0 radical (unpaired) electrons. The lowest BCUT2D eigenvalue weighted by molar-refractivity contribution is 0.146. The monoisotopic (exact) mass is 321 g/mol. The quantitative estimate of drug-likeness (QED) is 0.712. The van der Waals surface area contributed by atoms with Crippen LogP contribution in [-0.2, 0) is 4.74 Å². The van der Waals surface area contributed by atoms with Crippen molar-refractivity contribution in [1.29, 1.82) is 0 Å². The summed E-state index contributed by atoms with van der Waals surface area (Å²) in [5.41, 5.74) is 1.03. The van der Waals surface area contributed by atoms with E-state index in [1.807, 2.05) is 48.5 Å². The maximum atomic E-state index is 5.82. The first-order valence-corrected chi connectivity index (χ1v) is 7.50. The van der Waals surface area contributed by atoms with Crippen molar-refractivity contribution in [3.8, 4) is 11.5 Å². The minimum Gasteiger partial charge on any atom is -0.492 e. The Hall–Kier alpha value is -1.91. The molecule has 1 N–H and O–H groups in total. The summed E-state index contributed by atoms with van der Waals surface area (Å²) >= 11 is 5.82. The van der Waals surface area contributed by atoms with Gasteiger partial charge in [0.2, 0.25) is 0 Å². The van der Waals surface area contributed by atoms with Gasteiger partial charge < -0.3 is 19.5 Å². The second-order valence-electron chi connectivity index (χ2n) is 4.59. The first-order chi connectivity index (χ1) is 10.8. The molecule has 0 aliphatic rings. The average Bonchev–Trinajstić information content (AvgIpc) is 2.55. The summed E-state index contributed by atoms with van der Waals surface area (Å²) in [6.45, 7) is 2.43. The van der Waals surface area contributed by atoms with Crippen LogP contribution in [0.25, 0.3) is 0 Å². The van der Waals surface area contributed by atoms with E-state index in [-0.39, 0.29) is 0 Å². The average molecular weight is 322 g/mol. The van der Waals surface area contributed by atoms with E-state index in [4.69, 9.17) is 25.8 Å². The lowest BCUT2D eigenvalue weighted by atomic mass is 10.3. The van der Waals surface area contributed by atoms with E-state index < -0.39 is 0 Å². The van der Waals surface area contributed by atoms with Gasteiger partial charge in [-0.2, -0.15) is 0 Å². The molecule has 22 heavy (non-hydrogen) atoms. The first-order valence-electron chi connectivity index (χ1n) is 7.12. The number of ether oxygens (including phenoxy) is 3. The molecule has 0 amide bonds. The number of hydrogen-bond acceptors (Lipinski definition) is 4. The molecule has 0 aromatic heterocycles. The highest BCUT2D eigenvalue weighted by atomic mass is 35.5. The smallest absolute Gasteiger partial charge is 0.119 e. The van der Waals surface area contributed by atoms with Crippen LogP contribution in [0.1, 0.15) is 0 Å². The Morgan fingerprint density at radius 1 is 0.818 bits per heavy atom. The number of methoxy groups -OCH3 is 1. The number of hydrogen-bond donors (Lipinski definition) is 1. The number of halogens is 1. The van der Waals surface area contributed by atoms with Crippen molar-refractivity contribution in [2.45, 2.75) is 0 Å². The van der Waals surface area contributed by atoms with E-state index in [1.165, 1.54) is 0 Å². The fourth-order valence-corrected chi connectivity index (χ4v) is 1.93. The fraction of sp³-hybridized carbons (Fsp3) is 0.294. The van der Waals surface area contributed by atoms with Crippen LogP contribution in [0.3, 0.4) is 0 Å². The summed E-state index contributed by atoms with van der Waals surface area (Å²) in [5, 5.41) is 4.00. The molecule has 0 aliphatic heterocycles. The lowest BCUT2D eigenvalue weighted by Crippen LogP contribution is -2.11. The van der Waals surface area contributed by atoms with Crippen molar-refractivity contribution in [2.75, 3.05) is 38.8 Å². The van der Waals surface area contributed by atoms with E-state index in [0.717, 1.165) is 17.2 Å². The number of nitrogens with one attached hydrogen (secondary N) is 1. The SMILES string of the molecule is COCCOc1ccc(NCCOc2ccc(Cl)cc2)cc1. The molecule has 0 bridgehead atoms. The Labute approximate surface area is 136 Å². The maximum Gasteiger partial charge on any atom is 0.119 e. The summed E-state index contributed by atoms with van der Waals surface area (Å²) in [4.78, 5) is 0. The van der Waals surface area contributed by atoms with Crippen molar-refractivity contribution in [3.63, 3.8) is 0 Å². The van der Waals surface area contributed by atoms with Crippen molar-refractivity contribution in [2.24, 2.45) is 0 Å². The van der Waals surface area contributed by atoms with Crippen LogP contribution < -0.4 is 14.8 Å². The summed E-state index contributed by atoms with van der Waals surface area (Å²) in [5.74, 6) is 1.65. The van der Waals surface area contributed by atoms with Gasteiger partial charge in [0.15, 0.2) is 0 Å². The second kappa shape index (κ2) is 9.18. The van der Waals surface area contributed by atoms with Gasteiger partial charge >= 0.3 is 0 Å². The van der Waals surface area contributed by atoms with Gasteiger partial charge in [-0.25, -0.2) is 0 Å². The van der Waals surface area contributed by atoms with Crippen LogP contribution in [-0.4, -0.2) is 33.5 Å². The Morgan fingerprint density at radius 3 is 2.05 bits per heavy atom. The topological polar surface area (TPSA) is 39.7 Å². The normalized spacial score (nSPS) is 10.3. The fourth-order valence-electron chi connectivity index (χ4n) is 1.81. The molecule has 5 heteroatoms. The largest absolute Gasteiger partial charge is 0.492 e. The molecule has 2 aromatic carbocycles. The minimum absolute atomic E-state index is 0.554. The Morgan fingerprint density at radius 2 is 1.41 bits per heavy atom. The van der Waals surface area contributed by atoms with Crippen molar-refractivity contribution in [1.82, 2.24) is 0 Å². The van der Waals surface area contributed by atoms with E-state index in [1.54, 1.807) is 7.11 Å². The zero-order chi connectivity index (χ0) is 15.6. The van der Waals surface area contributed by atoms with E-state index in [9.17, 15) is 0 Å². The summed E-state index contributed by atoms with van der Waals surface area (Å²) in [6.07, 6.45) is 0. The van der Waals surface area contributed by atoms with Gasteiger partial charge in [-0.3, -0.25) is 0 Å². The second-order valence-corrected chi connectivity index (χ2v) is 5.03. The molecule has 0 saturated heterocycles. The van der Waals surface area contributed by atoms with Gasteiger partial charge in [-0.1, -0.05) is 11.6 Å². The van der Waals surface area contributed by atoms with Crippen LogP contribution in [0.15, 0.2) is 48.5 Å². The van der Waals surface area contributed by atoms with Crippen LogP contribution in [0.4, 0.5) is 5.69 Å². The highest BCUT2D eigenvalue weighted by molar-refractivity contribution is 6.30. The van der Waals surface area contributed by atoms with Crippen LogP contribution in [0.2, 0.25) is 5.02 Å². The standard InChI is InChI=1S/C17H20ClNO3/c1-20-12-13-22-17-8-4-15(5-9-17)19-10-11-21-16-6-2-14(18)3-7-16/h2-9,19H,10-13H2,1H3. The van der Waals surface area contributed by atoms with Crippen LogP contribution in [0.5, 0.6) is 11.5 Å². The van der Waals surface area contributed by atoms with Gasteiger partial charge in [-0.15, -0.1) is 0 Å². The number of anilines is 1. The third kappa shape index (κ3) is 5.84. The zero-order valence-electron chi connectivity index (χ0n) is 12.5. The predicted molar refractivity (Wildman–Crippen MR) is 89.2 cm³/mol. The first kappa shape index (κ1) is 16.5. The maximum absolute atomic E-state index is 5.82. The molecule has 2 rings (SSSR count). The molecule has 0 saturated carbocycles. The highest BCUT2D eigenvalue weighted by Gasteiger charge is 1.97. The van der Waals surface area contributed by atoms with Crippen molar-refractivity contribution >= 4 is 17.3 Å². The highest BCUT2D eigenvalue weighted by Crippen LogP contribution is 2.16. The number of benzene rings is 2. The van der Waals surface area contributed by atoms with Gasteiger partial charge in [0.05, 0.1) is 6.61 Å². The molecule has 4 nitrogen and oxygen atoms in total. The molecule has 0 aliphatic carbocycles. The summed E-state index contributed by atoms with van der Waals surface area (Å²) < 4.78 is 16.1.